The molecule has 0 saturated heterocycles. The van der Waals surface area contributed by atoms with Crippen LogP contribution in [0.25, 0.3) is 0 Å². The first-order chi connectivity index (χ1) is 16.3. The van der Waals surface area contributed by atoms with Gasteiger partial charge in [0.15, 0.2) is 0 Å². The van der Waals surface area contributed by atoms with E-state index >= 15 is 0 Å². The van der Waals surface area contributed by atoms with Crippen molar-refractivity contribution in [1.82, 2.24) is 0 Å². The van der Waals surface area contributed by atoms with Gasteiger partial charge in [0.1, 0.15) is 6.10 Å². The van der Waals surface area contributed by atoms with Gasteiger partial charge in [-0.05, 0) is 21.8 Å². The second-order valence-corrected chi connectivity index (χ2v) is 14.2. The zero-order valence-electron chi connectivity index (χ0n) is 21.5. The largest absolute Gasteiger partial charge is 0.456 e. The van der Waals surface area contributed by atoms with Gasteiger partial charge in [0.05, 0.1) is 6.61 Å². The summed E-state index contributed by atoms with van der Waals surface area (Å²) in [6.07, 6.45) is 8.29. The molecule has 0 spiro atoms. The third kappa shape index (κ3) is 7.03. The molecule has 2 atom stereocenters. The van der Waals surface area contributed by atoms with Gasteiger partial charge in [-0.25, -0.2) is 4.79 Å². The van der Waals surface area contributed by atoms with E-state index in [1.165, 1.54) is 35.7 Å². The summed E-state index contributed by atoms with van der Waals surface area (Å²) in [6.45, 7) is 16.9. The van der Waals surface area contributed by atoms with Crippen LogP contribution in [-0.4, -0.2) is 27.0 Å². The van der Waals surface area contributed by atoms with Crippen LogP contribution < -0.4 is 10.4 Å². The molecule has 0 aliphatic carbocycles. The molecule has 0 saturated carbocycles. The van der Waals surface area contributed by atoms with Crippen molar-refractivity contribution < 1.29 is 14.0 Å². The Hall–Kier alpha value is -2.43. The molecule has 0 aliphatic rings. The number of ether oxygens (including phenoxy) is 1. The Morgan fingerprint density at radius 2 is 1.50 bits per heavy atom. The second kappa shape index (κ2) is 13.5. The van der Waals surface area contributed by atoms with Crippen molar-refractivity contribution in [2.45, 2.75) is 70.9 Å². The summed E-state index contributed by atoms with van der Waals surface area (Å²) in [5.41, 5.74) is 0. The van der Waals surface area contributed by atoms with Gasteiger partial charge in [-0.3, -0.25) is 0 Å². The highest BCUT2D eigenvalue weighted by atomic mass is 28.4. The number of hydrogen-bond acceptors (Lipinski definition) is 3. The topological polar surface area (TPSA) is 35.5 Å². The summed E-state index contributed by atoms with van der Waals surface area (Å²) in [6, 6.07) is 21.1. The van der Waals surface area contributed by atoms with Gasteiger partial charge in [0, 0.05) is 12.0 Å². The maximum Gasteiger partial charge on any atom is 0.330 e. The molecule has 0 bridgehead atoms. The highest BCUT2D eigenvalue weighted by Crippen LogP contribution is 2.37. The van der Waals surface area contributed by atoms with Crippen molar-refractivity contribution in [2.24, 2.45) is 5.92 Å². The van der Waals surface area contributed by atoms with Crippen LogP contribution in [0, 0.1) is 5.92 Å². The molecule has 0 amide bonds. The molecule has 0 heterocycles. The predicted octanol–water partition coefficient (Wildman–Crippen LogP) is 6.43. The van der Waals surface area contributed by atoms with E-state index in [1.54, 1.807) is 0 Å². The molecule has 2 aromatic rings. The lowest BCUT2D eigenvalue weighted by atomic mass is 9.95. The fourth-order valence-electron chi connectivity index (χ4n) is 4.67. The van der Waals surface area contributed by atoms with E-state index in [0.717, 1.165) is 12.8 Å². The van der Waals surface area contributed by atoms with Gasteiger partial charge in [-0.1, -0.05) is 127 Å². The molecule has 4 heteroatoms. The summed E-state index contributed by atoms with van der Waals surface area (Å²) >= 11 is 0. The van der Waals surface area contributed by atoms with Crippen molar-refractivity contribution in [1.29, 1.82) is 0 Å². The van der Waals surface area contributed by atoms with Crippen LogP contribution in [0.1, 0.15) is 59.8 Å². The number of carbonyl (C=O) groups is 1. The van der Waals surface area contributed by atoms with E-state index in [4.69, 9.17) is 9.16 Å². The van der Waals surface area contributed by atoms with E-state index in [0.29, 0.717) is 6.61 Å². The highest BCUT2D eigenvalue weighted by molar-refractivity contribution is 6.99. The number of benzene rings is 2. The van der Waals surface area contributed by atoms with Gasteiger partial charge >= 0.3 is 5.97 Å². The second-order valence-electron chi connectivity index (χ2n) is 9.90. The number of unbranched alkanes of at least 4 members (excludes halogenated alkanes) is 3. The molecule has 2 aromatic carbocycles. The van der Waals surface area contributed by atoms with Gasteiger partial charge in [-0.2, -0.15) is 0 Å². The molecule has 0 N–H and O–H groups in total. The molecular formula is C30H42O3Si. The monoisotopic (exact) mass is 478 g/mol. The quantitative estimate of drug-likeness (QED) is 0.103. The SMILES string of the molecule is C=CC(=O)O[C@H](CO[Si](c1ccccc1)(c1ccccc1)C(C)(C)C)[C@H](C=C)CCCCCC. The molecular weight excluding hydrogens is 436 g/mol. The lowest BCUT2D eigenvalue weighted by Gasteiger charge is -2.44. The molecule has 0 fully saturated rings. The van der Waals surface area contributed by atoms with Crippen LogP contribution in [-0.2, 0) is 14.0 Å². The van der Waals surface area contributed by atoms with Gasteiger partial charge in [0.2, 0.25) is 0 Å². The van der Waals surface area contributed by atoms with Gasteiger partial charge in [0.25, 0.3) is 8.32 Å². The van der Waals surface area contributed by atoms with E-state index in [1.807, 2.05) is 18.2 Å². The number of esters is 1. The lowest BCUT2D eigenvalue weighted by Crippen LogP contribution is -2.67. The van der Waals surface area contributed by atoms with Crippen molar-refractivity contribution in [3.05, 3.63) is 86.0 Å². The minimum absolute atomic E-state index is 0.0268. The van der Waals surface area contributed by atoms with Crippen molar-refractivity contribution in [2.75, 3.05) is 6.61 Å². The minimum Gasteiger partial charge on any atom is -0.456 e. The van der Waals surface area contributed by atoms with E-state index in [2.05, 4.69) is 89.4 Å². The van der Waals surface area contributed by atoms with Crippen LogP contribution >= 0.6 is 0 Å². The van der Waals surface area contributed by atoms with Crippen LogP contribution in [0.5, 0.6) is 0 Å². The predicted molar refractivity (Wildman–Crippen MR) is 146 cm³/mol. The third-order valence-electron chi connectivity index (χ3n) is 6.49. The zero-order chi connectivity index (χ0) is 25.0. The highest BCUT2D eigenvalue weighted by Gasteiger charge is 2.50. The Morgan fingerprint density at radius 3 is 1.94 bits per heavy atom. The molecule has 0 unspecified atom stereocenters. The van der Waals surface area contributed by atoms with Crippen LogP contribution in [0.3, 0.4) is 0 Å². The first-order valence-corrected chi connectivity index (χ1v) is 14.4. The summed E-state index contributed by atoms with van der Waals surface area (Å²) in [7, 11) is -2.73. The summed E-state index contributed by atoms with van der Waals surface area (Å²) in [5.74, 6) is -0.393. The van der Waals surface area contributed by atoms with E-state index < -0.39 is 20.4 Å². The Labute approximate surface area is 208 Å². The van der Waals surface area contributed by atoms with Crippen molar-refractivity contribution in [3.63, 3.8) is 0 Å². The van der Waals surface area contributed by atoms with Crippen molar-refractivity contribution >= 4 is 24.7 Å². The Morgan fingerprint density at radius 1 is 0.941 bits per heavy atom. The first-order valence-electron chi connectivity index (χ1n) is 12.5. The minimum atomic E-state index is -2.73. The fraction of sp³-hybridized carbons (Fsp3) is 0.433. The normalized spacial score (nSPS) is 13.6. The summed E-state index contributed by atoms with van der Waals surface area (Å²) in [4.78, 5) is 12.3. The van der Waals surface area contributed by atoms with E-state index in [-0.39, 0.29) is 11.0 Å². The molecule has 0 aromatic heterocycles. The molecule has 2 rings (SSSR count). The van der Waals surface area contributed by atoms with Gasteiger partial charge < -0.3 is 9.16 Å². The Balaban J connectivity index is 2.45. The fourth-order valence-corrected chi connectivity index (χ4v) is 9.24. The number of rotatable bonds is 14. The number of hydrogen-bond donors (Lipinski definition) is 0. The zero-order valence-corrected chi connectivity index (χ0v) is 22.5. The smallest absolute Gasteiger partial charge is 0.330 e. The molecule has 184 valence electrons. The maximum atomic E-state index is 12.3. The molecule has 0 aliphatic heterocycles. The average molecular weight is 479 g/mol. The average Bonchev–Trinajstić information content (AvgIpc) is 2.84. The standard InChI is InChI=1S/C30H42O3Si/c1-7-10-11-14-19-25(8-2)28(33-29(31)9-3)24-32-34(30(4,5)6,26-20-15-12-16-21-26)27-22-17-13-18-23-27/h8-9,12-13,15-18,20-23,25,28H,2-3,7,10-11,14,19,24H2,1,4-6H3/t25-,28-/m1/s1. The Kier molecular flexibility index (Phi) is 11.0. The van der Waals surface area contributed by atoms with Crippen LogP contribution in [0.2, 0.25) is 5.04 Å². The first kappa shape index (κ1) is 27.8. The van der Waals surface area contributed by atoms with Crippen molar-refractivity contribution in [3.8, 4) is 0 Å². The molecule has 3 nitrogen and oxygen atoms in total. The van der Waals surface area contributed by atoms with Crippen LogP contribution in [0.15, 0.2) is 86.0 Å². The Bertz CT molecular complexity index is 847. The summed E-state index contributed by atoms with van der Waals surface area (Å²) < 4.78 is 12.9. The maximum absolute atomic E-state index is 12.3. The lowest BCUT2D eigenvalue weighted by molar-refractivity contribution is -0.146. The van der Waals surface area contributed by atoms with Gasteiger partial charge in [-0.15, -0.1) is 6.58 Å². The summed E-state index contributed by atoms with van der Waals surface area (Å²) in [5, 5.41) is 2.27. The van der Waals surface area contributed by atoms with Crippen LogP contribution in [0.4, 0.5) is 0 Å². The molecule has 34 heavy (non-hydrogen) atoms. The number of carbonyl (C=O) groups excluding carboxylic acids is 1. The molecule has 0 radical (unpaired) electrons. The third-order valence-corrected chi connectivity index (χ3v) is 11.5. The van der Waals surface area contributed by atoms with E-state index in [9.17, 15) is 4.79 Å².